The molecule has 0 aliphatic heterocycles. The van der Waals surface area contributed by atoms with Crippen molar-refractivity contribution in [2.75, 3.05) is 7.11 Å². The Morgan fingerprint density at radius 1 is 1.19 bits per heavy atom. The average Bonchev–Trinajstić information content (AvgIpc) is 3.03. The first-order chi connectivity index (χ1) is 12.5. The van der Waals surface area contributed by atoms with Crippen molar-refractivity contribution in [2.24, 2.45) is 0 Å². The number of nitrogens with one attached hydrogen (secondary N) is 2. The van der Waals surface area contributed by atoms with Gasteiger partial charge in [0.25, 0.3) is 0 Å². The van der Waals surface area contributed by atoms with Crippen LogP contribution in [-0.4, -0.2) is 40.1 Å². The van der Waals surface area contributed by atoms with Crippen LogP contribution in [0.15, 0.2) is 16.6 Å². The van der Waals surface area contributed by atoms with Crippen LogP contribution in [-0.2, 0) is 31.0 Å². The molecule has 0 aliphatic rings. The molecule has 0 spiro atoms. The van der Waals surface area contributed by atoms with E-state index in [1.54, 1.807) is 12.1 Å². The van der Waals surface area contributed by atoms with Gasteiger partial charge in [0.1, 0.15) is 5.69 Å². The number of aromatic nitrogens is 1. The second kappa shape index (κ2) is 10.2. The second-order valence-electron chi connectivity index (χ2n) is 5.22. The van der Waals surface area contributed by atoms with Crippen molar-refractivity contribution in [1.82, 2.24) is 4.98 Å². The Morgan fingerprint density at radius 3 is 2.27 bits per heavy atom. The maximum absolute atomic E-state index is 11.9. The van der Waals surface area contributed by atoms with Crippen LogP contribution in [0.1, 0.15) is 39.8 Å². The van der Waals surface area contributed by atoms with Gasteiger partial charge < -0.3 is 30.4 Å². The van der Waals surface area contributed by atoms with Gasteiger partial charge in [0, 0.05) is 11.3 Å². The molecule has 8 heteroatoms. The number of ether oxygens (including phenoxy) is 1. The van der Waals surface area contributed by atoms with Gasteiger partial charge in [-0.3, -0.25) is 0 Å². The number of H-pyrrole nitrogens is 1. The standard InChI is InChI=1S/C17H20BrNO5.CH3N/c1-3-13-14(15(18)16(19-13)17(23)24-2)10-5-4-9(6-20)11(7-21)12(10)8-22;1-2/h4-5,19-22H,3,6-8H2,1-2H3;2H,1H2. The molecule has 0 atom stereocenters. The Hall–Kier alpha value is -2.00. The van der Waals surface area contributed by atoms with E-state index in [4.69, 9.17) is 10.1 Å². The fraction of sp³-hybridized carbons (Fsp3) is 0.333. The predicted molar refractivity (Wildman–Crippen MR) is 102 cm³/mol. The van der Waals surface area contributed by atoms with Crippen LogP contribution in [0.4, 0.5) is 0 Å². The van der Waals surface area contributed by atoms with Crippen LogP contribution < -0.4 is 0 Å². The molecule has 2 rings (SSSR count). The molecule has 0 fully saturated rings. The molecule has 0 bridgehead atoms. The lowest BCUT2D eigenvalue weighted by Gasteiger charge is -2.16. The number of carbonyl (C=O) groups excluding carboxylic acids is 1. The molecule has 7 nitrogen and oxygen atoms in total. The summed E-state index contributed by atoms with van der Waals surface area (Å²) in [6, 6.07) is 3.47. The molecular weight excluding hydrogens is 404 g/mol. The van der Waals surface area contributed by atoms with Gasteiger partial charge in [-0.05, 0) is 51.3 Å². The summed E-state index contributed by atoms with van der Waals surface area (Å²) < 4.78 is 5.32. The Labute approximate surface area is 160 Å². The summed E-state index contributed by atoms with van der Waals surface area (Å²) in [5.74, 6) is -0.497. The van der Waals surface area contributed by atoms with Crippen LogP contribution in [0, 0.1) is 5.41 Å². The van der Waals surface area contributed by atoms with E-state index in [-0.39, 0.29) is 19.8 Å². The van der Waals surface area contributed by atoms with Crippen molar-refractivity contribution in [3.63, 3.8) is 0 Å². The first-order valence-electron chi connectivity index (χ1n) is 7.84. The number of hydrogen-bond acceptors (Lipinski definition) is 6. The number of benzene rings is 1. The molecule has 1 heterocycles. The number of carbonyl (C=O) groups is 1. The normalized spacial score (nSPS) is 10.2. The van der Waals surface area contributed by atoms with Gasteiger partial charge in [-0.1, -0.05) is 19.1 Å². The van der Waals surface area contributed by atoms with Crippen molar-refractivity contribution in [3.05, 3.63) is 44.7 Å². The summed E-state index contributed by atoms with van der Waals surface area (Å²) in [6.45, 7) is 3.61. The van der Waals surface area contributed by atoms with E-state index in [1.807, 2.05) is 6.92 Å². The molecule has 0 saturated heterocycles. The highest BCUT2D eigenvalue weighted by atomic mass is 79.9. The highest BCUT2D eigenvalue weighted by molar-refractivity contribution is 9.10. The zero-order chi connectivity index (χ0) is 19.9. The Morgan fingerprint density at radius 2 is 1.81 bits per heavy atom. The lowest BCUT2D eigenvalue weighted by molar-refractivity contribution is 0.0593. The Bertz CT molecular complexity index is 773. The van der Waals surface area contributed by atoms with Crippen LogP contribution in [0.5, 0.6) is 0 Å². The number of aliphatic hydroxyl groups excluding tert-OH is 3. The zero-order valence-electron chi connectivity index (χ0n) is 14.7. The number of aliphatic hydroxyl groups is 3. The number of rotatable bonds is 6. The summed E-state index contributed by atoms with van der Waals surface area (Å²) in [7, 11) is 1.31. The maximum atomic E-state index is 11.9. The van der Waals surface area contributed by atoms with Crippen molar-refractivity contribution >= 4 is 28.6 Å². The number of methoxy groups -OCH3 is 1. The van der Waals surface area contributed by atoms with E-state index in [0.717, 1.165) is 11.3 Å². The van der Waals surface area contributed by atoms with Crippen molar-refractivity contribution in [3.8, 4) is 11.1 Å². The van der Waals surface area contributed by atoms with Crippen LogP contribution in [0.3, 0.4) is 0 Å². The SMILES string of the molecule is C=N.CCc1[nH]c(C(=O)OC)c(Br)c1-c1ccc(CO)c(CO)c1CO. The predicted octanol–water partition coefficient (Wildman–Crippen LogP) is 2.54. The lowest BCUT2D eigenvalue weighted by atomic mass is 9.92. The first kappa shape index (κ1) is 22.0. The number of halogens is 1. The summed E-state index contributed by atoms with van der Waals surface area (Å²) in [4.78, 5) is 15.0. The lowest BCUT2D eigenvalue weighted by Crippen LogP contribution is -2.04. The van der Waals surface area contributed by atoms with Crippen LogP contribution in [0.2, 0.25) is 0 Å². The molecule has 5 N–H and O–H groups in total. The summed E-state index contributed by atoms with van der Waals surface area (Å²) in [6.07, 6.45) is 0.631. The molecule has 0 saturated carbocycles. The van der Waals surface area contributed by atoms with Gasteiger partial charge in [-0.2, -0.15) is 0 Å². The smallest absolute Gasteiger partial charge is 0.355 e. The van der Waals surface area contributed by atoms with Crippen LogP contribution >= 0.6 is 15.9 Å². The van der Waals surface area contributed by atoms with E-state index in [0.29, 0.717) is 38.8 Å². The third kappa shape index (κ3) is 4.04. The summed E-state index contributed by atoms with van der Waals surface area (Å²) in [5, 5.41) is 34.4. The molecule has 0 amide bonds. The van der Waals surface area contributed by atoms with E-state index in [1.165, 1.54) is 7.11 Å². The fourth-order valence-corrected chi connectivity index (χ4v) is 3.53. The van der Waals surface area contributed by atoms with Gasteiger partial charge in [0.2, 0.25) is 0 Å². The van der Waals surface area contributed by atoms with Gasteiger partial charge in [-0.25, -0.2) is 4.79 Å². The minimum atomic E-state index is -0.497. The molecule has 2 aromatic rings. The molecule has 0 radical (unpaired) electrons. The summed E-state index contributed by atoms with van der Waals surface area (Å²) >= 11 is 3.44. The van der Waals surface area contributed by atoms with Crippen molar-refractivity contribution in [1.29, 1.82) is 5.41 Å². The number of esters is 1. The minimum absolute atomic E-state index is 0.231. The van der Waals surface area contributed by atoms with Gasteiger partial charge >= 0.3 is 5.97 Å². The fourth-order valence-electron chi connectivity index (χ4n) is 2.82. The van der Waals surface area contributed by atoms with Crippen molar-refractivity contribution in [2.45, 2.75) is 33.2 Å². The number of hydrogen-bond donors (Lipinski definition) is 5. The van der Waals surface area contributed by atoms with Gasteiger partial charge in [-0.15, -0.1) is 0 Å². The number of aromatic amines is 1. The van der Waals surface area contributed by atoms with Gasteiger partial charge in [0.15, 0.2) is 0 Å². The minimum Gasteiger partial charge on any atom is -0.464 e. The molecular formula is C18H23BrN2O5. The second-order valence-corrected chi connectivity index (χ2v) is 6.01. The molecule has 142 valence electrons. The van der Waals surface area contributed by atoms with Crippen molar-refractivity contribution < 1.29 is 24.9 Å². The van der Waals surface area contributed by atoms with Gasteiger partial charge in [0.05, 0.1) is 31.4 Å². The largest absolute Gasteiger partial charge is 0.464 e. The van der Waals surface area contributed by atoms with E-state index >= 15 is 0 Å². The third-order valence-corrected chi connectivity index (χ3v) is 4.84. The van der Waals surface area contributed by atoms with Crippen LogP contribution in [0.25, 0.3) is 11.1 Å². The molecule has 1 aromatic heterocycles. The molecule has 1 aromatic carbocycles. The van der Waals surface area contributed by atoms with E-state index < -0.39 is 5.97 Å². The van der Waals surface area contributed by atoms with E-state index in [2.05, 4.69) is 27.6 Å². The molecule has 0 aliphatic carbocycles. The maximum Gasteiger partial charge on any atom is 0.355 e. The summed E-state index contributed by atoms with van der Waals surface area (Å²) in [5.41, 5.74) is 4.10. The monoisotopic (exact) mass is 426 g/mol. The number of aryl methyl sites for hydroxylation is 1. The molecule has 0 unspecified atom stereocenters. The Balaban J connectivity index is 0.00000163. The highest BCUT2D eigenvalue weighted by Crippen LogP contribution is 2.39. The third-order valence-electron chi connectivity index (χ3n) is 4.04. The average molecular weight is 427 g/mol. The van der Waals surface area contributed by atoms with E-state index in [9.17, 15) is 20.1 Å². The highest BCUT2D eigenvalue weighted by Gasteiger charge is 2.24. The topological polar surface area (TPSA) is 127 Å². The molecule has 26 heavy (non-hydrogen) atoms. The Kier molecular flexibility index (Phi) is 8.67. The zero-order valence-corrected chi connectivity index (χ0v) is 16.3. The first-order valence-corrected chi connectivity index (χ1v) is 8.63. The quantitative estimate of drug-likeness (QED) is 0.358.